The van der Waals surface area contributed by atoms with Crippen molar-refractivity contribution in [2.45, 2.75) is 17.9 Å². The van der Waals surface area contributed by atoms with Gasteiger partial charge in [0.05, 0.1) is 18.1 Å². The summed E-state index contributed by atoms with van der Waals surface area (Å²) in [6.45, 7) is 2.54. The van der Waals surface area contributed by atoms with Crippen LogP contribution in [-0.2, 0) is 27.7 Å². The first-order chi connectivity index (χ1) is 12.6. The molecule has 1 fully saturated rings. The summed E-state index contributed by atoms with van der Waals surface area (Å²) in [5.74, 6) is -0.130. The van der Waals surface area contributed by atoms with Crippen molar-refractivity contribution < 1.29 is 17.9 Å². The number of carbonyl (C=O) groups excluding carboxylic acids is 1. The Morgan fingerprint density at radius 3 is 2.65 bits per heavy atom. The summed E-state index contributed by atoms with van der Waals surface area (Å²) in [6, 6.07) is 6.86. The molecule has 1 aromatic heterocycles. The molecule has 2 aliphatic heterocycles. The van der Waals surface area contributed by atoms with Gasteiger partial charge in [-0.1, -0.05) is 6.07 Å². The maximum absolute atomic E-state index is 12.9. The van der Waals surface area contributed by atoms with Crippen molar-refractivity contribution in [1.82, 2.24) is 19.4 Å². The van der Waals surface area contributed by atoms with Crippen LogP contribution < -0.4 is 0 Å². The molecule has 1 amide bonds. The second kappa shape index (κ2) is 6.82. The number of fused-ring (bicyclic) bond motifs is 1. The summed E-state index contributed by atoms with van der Waals surface area (Å²) in [4.78, 5) is 14.5. The maximum atomic E-state index is 12.9. The van der Waals surface area contributed by atoms with E-state index in [0.717, 1.165) is 11.1 Å². The Kier molecular flexibility index (Phi) is 4.51. The quantitative estimate of drug-likeness (QED) is 0.848. The van der Waals surface area contributed by atoms with E-state index in [1.807, 2.05) is 6.07 Å². The fourth-order valence-electron chi connectivity index (χ4n) is 3.35. The zero-order valence-electron chi connectivity index (χ0n) is 14.2. The van der Waals surface area contributed by atoms with Crippen LogP contribution in [0.15, 0.2) is 35.4 Å². The molecule has 0 radical (unpaired) electrons. The number of nitrogens with one attached hydrogen (secondary N) is 1. The van der Waals surface area contributed by atoms with Crippen molar-refractivity contribution in [2.75, 3.05) is 32.8 Å². The standard InChI is InChI=1S/C17H20N4O4S/c22-17(16-3-5-18-19-16)20-6-4-13-1-2-15(11-14(13)12-20)26(23,24)21-7-9-25-10-8-21/h1-3,5,11H,4,6-10,12H2,(H,18,19). The molecule has 1 saturated heterocycles. The molecule has 1 aromatic carbocycles. The van der Waals surface area contributed by atoms with Gasteiger partial charge in [-0.25, -0.2) is 8.42 Å². The summed E-state index contributed by atoms with van der Waals surface area (Å²) in [6.07, 6.45) is 2.24. The Bertz CT molecular complexity index is 905. The predicted molar refractivity (Wildman–Crippen MR) is 93.1 cm³/mol. The normalized spacial score (nSPS) is 18.5. The number of carbonyl (C=O) groups is 1. The zero-order chi connectivity index (χ0) is 18.1. The number of amides is 1. The number of nitrogens with zero attached hydrogens (tertiary/aromatic N) is 3. The zero-order valence-corrected chi connectivity index (χ0v) is 15.0. The van der Waals surface area contributed by atoms with Crippen LogP contribution in [0, 0.1) is 0 Å². The molecular formula is C17H20N4O4S. The Labute approximate surface area is 151 Å². The van der Waals surface area contributed by atoms with Crippen LogP contribution in [0.2, 0.25) is 0 Å². The van der Waals surface area contributed by atoms with E-state index in [9.17, 15) is 13.2 Å². The van der Waals surface area contributed by atoms with Crippen LogP contribution in [0.1, 0.15) is 21.6 Å². The van der Waals surface area contributed by atoms with Gasteiger partial charge in [-0.3, -0.25) is 9.89 Å². The molecule has 0 atom stereocenters. The molecule has 0 saturated carbocycles. The summed E-state index contributed by atoms with van der Waals surface area (Å²) in [5, 5.41) is 6.49. The first kappa shape index (κ1) is 17.2. The summed E-state index contributed by atoms with van der Waals surface area (Å²) >= 11 is 0. The lowest BCUT2D eigenvalue weighted by Gasteiger charge is -2.30. The lowest BCUT2D eigenvalue weighted by Crippen LogP contribution is -2.41. The number of morpholine rings is 1. The number of hydrogen-bond donors (Lipinski definition) is 1. The van der Waals surface area contributed by atoms with Crippen molar-refractivity contribution in [2.24, 2.45) is 0 Å². The van der Waals surface area contributed by atoms with Gasteiger partial charge in [-0.15, -0.1) is 0 Å². The number of sulfonamides is 1. The number of ether oxygens (including phenoxy) is 1. The number of H-pyrrole nitrogens is 1. The fraction of sp³-hybridized carbons (Fsp3) is 0.412. The third-order valence-electron chi connectivity index (χ3n) is 4.82. The molecule has 138 valence electrons. The van der Waals surface area contributed by atoms with E-state index >= 15 is 0 Å². The highest BCUT2D eigenvalue weighted by atomic mass is 32.2. The molecule has 2 aliphatic rings. The third-order valence-corrected chi connectivity index (χ3v) is 6.71. The van der Waals surface area contributed by atoms with Crippen molar-refractivity contribution in [1.29, 1.82) is 0 Å². The first-order valence-corrected chi connectivity index (χ1v) is 9.98. The van der Waals surface area contributed by atoms with Gasteiger partial charge in [0.15, 0.2) is 0 Å². The van der Waals surface area contributed by atoms with Gasteiger partial charge in [0.1, 0.15) is 5.69 Å². The number of rotatable bonds is 3. The second-order valence-corrected chi connectivity index (χ2v) is 8.33. The van der Waals surface area contributed by atoms with E-state index in [4.69, 9.17) is 4.74 Å². The van der Waals surface area contributed by atoms with Gasteiger partial charge in [0.2, 0.25) is 10.0 Å². The predicted octanol–water partition coefficient (Wildman–Crippen LogP) is 0.629. The van der Waals surface area contributed by atoms with E-state index < -0.39 is 10.0 Å². The highest BCUT2D eigenvalue weighted by Gasteiger charge is 2.28. The molecule has 8 nitrogen and oxygen atoms in total. The average Bonchev–Trinajstić information content (AvgIpc) is 3.22. The highest BCUT2D eigenvalue weighted by molar-refractivity contribution is 7.89. The lowest BCUT2D eigenvalue weighted by atomic mass is 9.99. The van der Waals surface area contributed by atoms with Gasteiger partial charge < -0.3 is 9.64 Å². The lowest BCUT2D eigenvalue weighted by molar-refractivity contribution is 0.0725. The van der Waals surface area contributed by atoms with Crippen molar-refractivity contribution in [3.63, 3.8) is 0 Å². The van der Waals surface area contributed by atoms with Gasteiger partial charge in [-0.05, 0) is 35.7 Å². The summed E-state index contributed by atoms with van der Waals surface area (Å²) in [5.41, 5.74) is 2.39. The summed E-state index contributed by atoms with van der Waals surface area (Å²) in [7, 11) is -3.54. The molecular weight excluding hydrogens is 356 g/mol. The minimum atomic E-state index is -3.54. The number of aromatic amines is 1. The van der Waals surface area contributed by atoms with Crippen LogP contribution in [0.5, 0.6) is 0 Å². The van der Waals surface area contributed by atoms with E-state index in [-0.39, 0.29) is 10.8 Å². The molecule has 4 rings (SSSR count). The average molecular weight is 376 g/mol. The SMILES string of the molecule is O=C(c1ccn[nH]1)N1CCc2ccc(S(=O)(=O)N3CCOCC3)cc2C1. The Balaban J connectivity index is 1.59. The van der Waals surface area contributed by atoms with Gasteiger partial charge in [-0.2, -0.15) is 9.40 Å². The molecule has 3 heterocycles. The van der Waals surface area contributed by atoms with E-state index in [2.05, 4.69) is 10.2 Å². The van der Waals surface area contributed by atoms with Crippen LogP contribution in [-0.4, -0.2) is 66.6 Å². The molecule has 0 bridgehead atoms. The highest BCUT2D eigenvalue weighted by Crippen LogP contribution is 2.25. The monoisotopic (exact) mass is 376 g/mol. The van der Waals surface area contributed by atoms with Crippen LogP contribution >= 0.6 is 0 Å². The molecule has 1 N–H and O–H groups in total. The topological polar surface area (TPSA) is 95.6 Å². The van der Waals surface area contributed by atoms with Gasteiger partial charge >= 0.3 is 0 Å². The fourth-order valence-corrected chi connectivity index (χ4v) is 4.81. The van der Waals surface area contributed by atoms with E-state index in [1.165, 1.54) is 10.5 Å². The molecule has 0 spiro atoms. The van der Waals surface area contributed by atoms with Crippen LogP contribution in [0.3, 0.4) is 0 Å². The minimum Gasteiger partial charge on any atom is -0.379 e. The Morgan fingerprint density at radius 1 is 1.12 bits per heavy atom. The van der Waals surface area contributed by atoms with E-state index in [1.54, 1.807) is 23.1 Å². The van der Waals surface area contributed by atoms with Gasteiger partial charge in [0.25, 0.3) is 5.91 Å². The minimum absolute atomic E-state index is 0.130. The molecule has 0 aliphatic carbocycles. The second-order valence-electron chi connectivity index (χ2n) is 6.39. The molecule has 26 heavy (non-hydrogen) atoms. The molecule has 2 aromatic rings. The van der Waals surface area contributed by atoms with Crippen molar-refractivity contribution in [3.8, 4) is 0 Å². The first-order valence-electron chi connectivity index (χ1n) is 8.54. The van der Waals surface area contributed by atoms with E-state index in [0.29, 0.717) is 51.5 Å². The van der Waals surface area contributed by atoms with Crippen molar-refractivity contribution >= 4 is 15.9 Å². The largest absolute Gasteiger partial charge is 0.379 e. The maximum Gasteiger partial charge on any atom is 0.272 e. The molecule has 0 unspecified atom stereocenters. The Morgan fingerprint density at radius 2 is 1.92 bits per heavy atom. The third kappa shape index (κ3) is 3.13. The van der Waals surface area contributed by atoms with Crippen LogP contribution in [0.25, 0.3) is 0 Å². The van der Waals surface area contributed by atoms with Gasteiger partial charge in [0, 0.05) is 32.4 Å². The number of hydrogen-bond acceptors (Lipinski definition) is 5. The number of benzene rings is 1. The number of aromatic nitrogens is 2. The summed E-state index contributed by atoms with van der Waals surface area (Å²) < 4.78 is 32.4. The molecule has 9 heteroatoms. The Hall–Kier alpha value is -2.23. The van der Waals surface area contributed by atoms with Crippen LogP contribution in [0.4, 0.5) is 0 Å². The van der Waals surface area contributed by atoms with Crippen molar-refractivity contribution in [3.05, 3.63) is 47.3 Å². The smallest absolute Gasteiger partial charge is 0.272 e.